The van der Waals surface area contributed by atoms with E-state index in [4.69, 9.17) is 17.2 Å². The Labute approximate surface area is 152 Å². The lowest BCUT2D eigenvalue weighted by molar-refractivity contribution is 0.0951. The number of carbonyl (C=O) groups excluding carboxylic acids is 1. The second-order valence-corrected chi connectivity index (χ2v) is 6.05. The van der Waals surface area contributed by atoms with Crippen molar-refractivity contribution in [2.24, 2.45) is 0 Å². The van der Waals surface area contributed by atoms with Crippen LogP contribution in [0.25, 0.3) is 0 Å². The molecule has 0 aliphatic carbocycles. The molecule has 1 amide bonds. The molecule has 1 heterocycles. The van der Waals surface area contributed by atoms with Crippen LogP contribution in [0.5, 0.6) is 0 Å². The van der Waals surface area contributed by atoms with Crippen molar-refractivity contribution >= 4 is 23.2 Å². The van der Waals surface area contributed by atoms with Gasteiger partial charge in [0.1, 0.15) is 11.6 Å². The van der Waals surface area contributed by atoms with Crippen LogP contribution in [0.2, 0.25) is 0 Å². The van der Waals surface area contributed by atoms with Gasteiger partial charge in [-0.2, -0.15) is 0 Å². The normalized spacial score (nSPS) is 10.5. The molecule has 0 bridgehead atoms. The van der Waals surface area contributed by atoms with E-state index >= 15 is 0 Å². The third-order valence-electron chi connectivity index (χ3n) is 4.07. The lowest BCUT2D eigenvalue weighted by atomic mass is 10.0. The summed E-state index contributed by atoms with van der Waals surface area (Å²) in [4.78, 5) is 16.4. The summed E-state index contributed by atoms with van der Waals surface area (Å²) in [5.41, 5.74) is 21.3. The van der Waals surface area contributed by atoms with Crippen molar-refractivity contribution in [2.75, 3.05) is 17.2 Å². The summed E-state index contributed by atoms with van der Waals surface area (Å²) in [6.07, 6.45) is 0.516. The van der Waals surface area contributed by atoms with E-state index in [-0.39, 0.29) is 11.7 Å². The van der Waals surface area contributed by atoms with Crippen molar-refractivity contribution < 1.29 is 4.79 Å². The molecule has 1 aromatic heterocycles. The van der Waals surface area contributed by atoms with Gasteiger partial charge < -0.3 is 22.5 Å². The molecule has 0 saturated heterocycles. The molecule has 0 aliphatic heterocycles. The zero-order valence-corrected chi connectivity index (χ0v) is 14.3. The molecule has 0 saturated carbocycles. The molecule has 132 valence electrons. The van der Waals surface area contributed by atoms with E-state index in [0.717, 1.165) is 16.7 Å². The summed E-state index contributed by atoms with van der Waals surface area (Å²) < 4.78 is 0. The van der Waals surface area contributed by atoms with E-state index in [1.54, 1.807) is 12.1 Å². The predicted octanol–water partition coefficient (Wildman–Crippen LogP) is 2.35. The summed E-state index contributed by atoms with van der Waals surface area (Å²) in [5, 5.41) is 2.92. The molecular weight excluding hydrogens is 326 g/mol. The molecular formula is C20H21N5O. The highest BCUT2D eigenvalue weighted by Crippen LogP contribution is 2.23. The third-order valence-corrected chi connectivity index (χ3v) is 4.07. The van der Waals surface area contributed by atoms with Gasteiger partial charge in [0, 0.05) is 12.1 Å². The number of carbonyl (C=O) groups is 1. The number of aromatic nitrogens is 1. The van der Waals surface area contributed by atoms with Crippen LogP contribution in [0.15, 0.2) is 60.7 Å². The summed E-state index contributed by atoms with van der Waals surface area (Å²) in [6, 6.07) is 18.9. The fourth-order valence-corrected chi connectivity index (χ4v) is 2.72. The van der Waals surface area contributed by atoms with E-state index < -0.39 is 0 Å². The number of nitrogens with one attached hydrogen (secondary N) is 1. The largest absolute Gasteiger partial charge is 0.396 e. The Morgan fingerprint density at radius 3 is 2.42 bits per heavy atom. The molecule has 0 spiro atoms. The molecule has 7 N–H and O–H groups in total. The molecule has 0 unspecified atom stereocenters. The number of nitrogens with two attached hydrogens (primary N) is 3. The van der Waals surface area contributed by atoms with E-state index in [0.29, 0.717) is 30.0 Å². The Balaban J connectivity index is 1.73. The molecule has 0 aliphatic rings. The van der Waals surface area contributed by atoms with Gasteiger partial charge in [0.15, 0.2) is 0 Å². The SMILES string of the molecule is Nc1cc(Cc2cccc(C(=O)NCc3ccccc3)c2)c(N)c(N)n1. The van der Waals surface area contributed by atoms with Gasteiger partial charge in [0.25, 0.3) is 5.91 Å². The number of nitrogens with zero attached hydrogens (tertiary/aromatic N) is 1. The van der Waals surface area contributed by atoms with Gasteiger partial charge in [-0.05, 0) is 41.3 Å². The van der Waals surface area contributed by atoms with Gasteiger partial charge in [-0.15, -0.1) is 0 Å². The smallest absolute Gasteiger partial charge is 0.251 e. The van der Waals surface area contributed by atoms with Crippen LogP contribution in [0.3, 0.4) is 0 Å². The molecule has 3 rings (SSSR count). The number of amides is 1. The van der Waals surface area contributed by atoms with E-state index in [1.807, 2.05) is 48.5 Å². The lowest BCUT2D eigenvalue weighted by Crippen LogP contribution is -2.22. The van der Waals surface area contributed by atoms with Gasteiger partial charge in [0.2, 0.25) is 0 Å². The highest BCUT2D eigenvalue weighted by Gasteiger charge is 2.10. The van der Waals surface area contributed by atoms with Crippen LogP contribution in [0.4, 0.5) is 17.3 Å². The van der Waals surface area contributed by atoms with E-state index in [1.165, 1.54) is 0 Å². The zero-order chi connectivity index (χ0) is 18.5. The average Bonchev–Trinajstić information content (AvgIpc) is 2.65. The minimum Gasteiger partial charge on any atom is -0.396 e. The average molecular weight is 347 g/mol. The molecule has 0 atom stereocenters. The number of pyridine rings is 1. The number of benzene rings is 2. The van der Waals surface area contributed by atoms with Crippen LogP contribution in [0.1, 0.15) is 27.0 Å². The summed E-state index contributed by atoms with van der Waals surface area (Å²) in [6.45, 7) is 0.480. The minimum absolute atomic E-state index is 0.127. The first-order valence-electron chi connectivity index (χ1n) is 8.24. The Bertz CT molecular complexity index is 925. The minimum atomic E-state index is -0.127. The number of anilines is 3. The van der Waals surface area contributed by atoms with Crippen LogP contribution >= 0.6 is 0 Å². The number of nitrogen functional groups attached to an aromatic ring is 3. The fraction of sp³-hybridized carbons (Fsp3) is 0.100. The van der Waals surface area contributed by atoms with Crippen molar-refractivity contribution in [1.29, 1.82) is 0 Å². The van der Waals surface area contributed by atoms with Gasteiger partial charge in [-0.25, -0.2) is 4.98 Å². The fourth-order valence-electron chi connectivity index (χ4n) is 2.72. The first-order chi connectivity index (χ1) is 12.5. The highest BCUT2D eigenvalue weighted by molar-refractivity contribution is 5.94. The first-order valence-corrected chi connectivity index (χ1v) is 8.24. The molecule has 6 heteroatoms. The highest BCUT2D eigenvalue weighted by atomic mass is 16.1. The van der Waals surface area contributed by atoms with Gasteiger partial charge in [-0.1, -0.05) is 42.5 Å². The van der Waals surface area contributed by atoms with Crippen molar-refractivity contribution in [1.82, 2.24) is 10.3 Å². The van der Waals surface area contributed by atoms with Gasteiger partial charge in [-0.3, -0.25) is 4.79 Å². The van der Waals surface area contributed by atoms with Crippen molar-refractivity contribution in [2.45, 2.75) is 13.0 Å². The number of hydrogen-bond donors (Lipinski definition) is 4. The second kappa shape index (κ2) is 7.57. The number of hydrogen-bond acceptors (Lipinski definition) is 5. The predicted molar refractivity (Wildman–Crippen MR) is 104 cm³/mol. The molecule has 2 aromatic carbocycles. The van der Waals surface area contributed by atoms with Crippen molar-refractivity contribution in [3.05, 3.63) is 82.9 Å². The summed E-state index contributed by atoms with van der Waals surface area (Å²) >= 11 is 0. The Morgan fingerprint density at radius 2 is 1.65 bits per heavy atom. The van der Waals surface area contributed by atoms with E-state index in [9.17, 15) is 4.79 Å². The summed E-state index contributed by atoms with van der Waals surface area (Å²) in [7, 11) is 0. The van der Waals surface area contributed by atoms with Gasteiger partial charge >= 0.3 is 0 Å². The Kier molecular flexibility index (Phi) is 5.03. The maximum absolute atomic E-state index is 12.4. The standard InChI is InChI=1S/C20H21N5O/c21-17-11-16(18(22)19(23)25-17)10-14-7-4-8-15(9-14)20(26)24-12-13-5-2-1-3-6-13/h1-9,11H,10,12,22H2,(H,24,26)(H4,21,23,25). The zero-order valence-electron chi connectivity index (χ0n) is 14.3. The molecule has 0 radical (unpaired) electrons. The number of rotatable bonds is 5. The maximum Gasteiger partial charge on any atom is 0.251 e. The maximum atomic E-state index is 12.4. The first kappa shape index (κ1) is 17.3. The van der Waals surface area contributed by atoms with Gasteiger partial charge in [0.05, 0.1) is 5.69 Å². The summed E-state index contributed by atoms with van der Waals surface area (Å²) in [5.74, 6) is 0.414. The second-order valence-electron chi connectivity index (χ2n) is 6.05. The lowest BCUT2D eigenvalue weighted by Gasteiger charge is -2.10. The van der Waals surface area contributed by atoms with Crippen molar-refractivity contribution in [3.8, 4) is 0 Å². The van der Waals surface area contributed by atoms with Crippen LogP contribution in [-0.2, 0) is 13.0 Å². The van der Waals surface area contributed by atoms with Crippen LogP contribution in [0, 0.1) is 0 Å². The quantitative estimate of drug-likeness (QED) is 0.565. The van der Waals surface area contributed by atoms with Crippen LogP contribution in [-0.4, -0.2) is 10.9 Å². The molecule has 0 fully saturated rings. The van der Waals surface area contributed by atoms with E-state index in [2.05, 4.69) is 10.3 Å². The Morgan fingerprint density at radius 1 is 0.923 bits per heavy atom. The molecule has 26 heavy (non-hydrogen) atoms. The molecule has 3 aromatic rings. The topological polar surface area (TPSA) is 120 Å². The Hall–Kier alpha value is -3.54. The molecule has 6 nitrogen and oxygen atoms in total. The van der Waals surface area contributed by atoms with Crippen molar-refractivity contribution in [3.63, 3.8) is 0 Å². The third kappa shape index (κ3) is 4.10. The monoisotopic (exact) mass is 347 g/mol. The van der Waals surface area contributed by atoms with Crippen LogP contribution < -0.4 is 22.5 Å².